The predicted molar refractivity (Wildman–Crippen MR) is 84.4 cm³/mol. The van der Waals surface area contributed by atoms with Crippen LogP contribution in [0.1, 0.15) is 17.6 Å². The average Bonchev–Trinajstić information content (AvgIpc) is 3.15. The van der Waals surface area contributed by atoms with Gasteiger partial charge in [-0.3, -0.25) is 0 Å². The van der Waals surface area contributed by atoms with Crippen molar-refractivity contribution >= 4 is 17.3 Å². The van der Waals surface area contributed by atoms with Gasteiger partial charge in [0.05, 0.1) is 6.54 Å². The molecule has 0 unspecified atom stereocenters. The molecule has 0 atom stereocenters. The second-order valence-corrected chi connectivity index (χ2v) is 5.61. The molecule has 2 rings (SSSR count). The molecule has 9 heteroatoms. The third kappa shape index (κ3) is 5.59. The lowest BCUT2D eigenvalue weighted by Crippen LogP contribution is -2.38. The van der Waals surface area contributed by atoms with Gasteiger partial charge in [-0.2, -0.15) is 13.2 Å². The first-order chi connectivity index (χ1) is 11.0. The summed E-state index contributed by atoms with van der Waals surface area (Å²) in [6, 6.07) is 3.89. The Labute approximate surface area is 136 Å². The molecular formula is C14H18F3N5S. The maximum atomic E-state index is 12.5. The molecule has 0 bridgehead atoms. The molecule has 126 valence electrons. The van der Waals surface area contributed by atoms with Crippen LogP contribution in [0, 0.1) is 0 Å². The van der Waals surface area contributed by atoms with E-state index in [4.69, 9.17) is 0 Å². The Bertz CT molecular complexity index is 619. The molecule has 2 aromatic heterocycles. The molecule has 0 amide bonds. The Morgan fingerprint density at radius 1 is 1.30 bits per heavy atom. The van der Waals surface area contributed by atoms with Gasteiger partial charge in [0.2, 0.25) is 0 Å². The molecule has 5 nitrogen and oxygen atoms in total. The number of nitrogens with one attached hydrogen (secondary N) is 2. The Morgan fingerprint density at radius 3 is 2.65 bits per heavy atom. The number of aliphatic imine (C=N–C) groups is 1. The van der Waals surface area contributed by atoms with Crippen LogP contribution in [-0.4, -0.2) is 28.6 Å². The highest BCUT2D eigenvalue weighted by molar-refractivity contribution is 7.09. The van der Waals surface area contributed by atoms with Crippen LogP contribution in [0.4, 0.5) is 13.2 Å². The summed E-state index contributed by atoms with van der Waals surface area (Å²) in [7, 11) is 0. The van der Waals surface area contributed by atoms with E-state index in [0.29, 0.717) is 24.1 Å². The van der Waals surface area contributed by atoms with Crippen LogP contribution in [-0.2, 0) is 19.3 Å². The number of hydrogen-bond donors (Lipinski definition) is 2. The lowest BCUT2D eigenvalue weighted by atomic mass is 10.5. The summed E-state index contributed by atoms with van der Waals surface area (Å²) in [6.07, 6.45) is -0.488. The summed E-state index contributed by atoms with van der Waals surface area (Å²) in [5.41, 5.74) is -0.863. The highest BCUT2D eigenvalue weighted by Crippen LogP contribution is 2.30. The van der Waals surface area contributed by atoms with E-state index >= 15 is 0 Å². The van der Waals surface area contributed by atoms with Crippen LogP contribution in [0.5, 0.6) is 0 Å². The van der Waals surface area contributed by atoms with E-state index in [1.54, 1.807) is 0 Å². The third-order valence-corrected chi connectivity index (χ3v) is 3.72. The number of halogens is 3. The number of guanidine groups is 1. The number of thiazole rings is 1. The number of alkyl halides is 3. The Hall–Kier alpha value is -2.03. The number of hydrogen-bond acceptors (Lipinski definition) is 3. The van der Waals surface area contributed by atoms with Gasteiger partial charge in [-0.1, -0.05) is 0 Å². The Morgan fingerprint density at radius 2 is 2.04 bits per heavy atom. The normalized spacial score (nSPS) is 12.4. The summed E-state index contributed by atoms with van der Waals surface area (Å²) in [4.78, 5) is 7.82. The van der Waals surface area contributed by atoms with E-state index in [2.05, 4.69) is 20.6 Å². The molecule has 2 heterocycles. The average molecular weight is 345 g/mol. The lowest BCUT2D eigenvalue weighted by molar-refractivity contribution is -0.140. The topological polar surface area (TPSA) is 54.2 Å². The van der Waals surface area contributed by atoms with Crippen LogP contribution >= 0.6 is 11.3 Å². The fourth-order valence-electron chi connectivity index (χ4n) is 1.82. The summed E-state index contributed by atoms with van der Waals surface area (Å²) in [5.74, 6) is 0.559. The van der Waals surface area contributed by atoms with E-state index in [0.717, 1.165) is 23.3 Å². The summed E-state index contributed by atoms with van der Waals surface area (Å²) >= 11 is 0.960. The van der Waals surface area contributed by atoms with Gasteiger partial charge in [-0.15, -0.1) is 11.3 Å². The van der Waals surface area contributed by atoms with E-state index in [1.165, 1.54) is 0 Å². The van der Waals surface area contributed by atoms with Crippen LogP contribution in [0.2, 0.25) is 0 Å². The fourth-order valence-corrected chi connectivity index (χ4v) is 2.55. The van der Waals surface area contributed by atoms with Crippen molar-refractivity contribution in [1.82, 2.24) is 20.2 Å². The maximum Gasteiger partial charge on any atom is 0.434 e. The quantitative estimate of drug-likeness (QED) is 0.625. The second kappa shape index (κ2) is 8.00. The fraction of sp³-hybridized carbons (Fsp3) is 0.429. The minimum Gasteiger partial charge on any atom is -0.357 e. The minimum absolute atomic E-state index is 0.111. The van der Waals surface area contributed by atoms with Crippen molar-refractivity contribution in [3.63, 3.8) is 0 Å². The van der Waals surface area contributed by atoms with E-state index < -0.39 is 11.9 Å². The SMILES string of the molecule is CCNC(=NCc1nc(C(F)(F)F)cs1)NCCn1cccc1. The van der Waals surface area contributed by atoms with E-state index in [1.807, 2.05) is 36.0 Å². The van der Waals surface area contributed by atoms with Crippen molar-refractivity contribution in [2.24, 2.45) is 4.99 Å². The van der Waals surface area contributed by atoms with Crippen LogP contribution in [0.25, 0.3) is 0 Å². The first-order valence-electron chi connectivity index (χ1n) is 7.13. The Balaban J connectivity index is 1.88. The standard InChI is InChI=1S/C14H18F3N5S/c1-2-18-13(19-5-8-22-6-3-4-7-22)20-9-12-21-11(10-23-12)14(15,16)17/h3-4,6-7,10H,2,5,8-9H2,1H3,(H2,18,19,20). The van der Waals surface area contributed by atoms with Crippen LogP contribution < -0.4 is 10.6 Å². The van der Waals surface area contributed by atoms with Crippen LogP contribution in [0.3, 0.4) is 0 Å². The van der Waals surface area contributed by atoms with Gasteiger partial charge in [-0.05, 0) is 19.1 Å². The molecule has 0 saturated carbocycles. The smallest absolute Gasteiger partial charge is 0.357 e. The second-order valence-electron chi connectivity index (χ2n) is 4.67. The first kappa shape index (κ1) is 17.3. The molecule has 0 radical (unpaired) electrons. The summed E-state index contributed by atoms with van der Waals surface area (Å²) in [6.45, 7) is 4.13. The predicted octanol–water partition coefficient (Wildman–Crippen LogP) is 2.72. The van der Waals surface area contributed by atoms with Gasteiger partial charge in [0.15, 0.2) is 11.7 Å². The summed E-state index contributed by atoms with van der Waals surface area (Å²) in [5, 5.41) is 7.54. The zero-order valence-corrected chi connectivity index (χ0v) is 13.4. The van der Waals surface area contributed by atoms with Crippen molar-refractivity contribution in [3.8, 4) is 0 Å². The lowest BCUT2D eigenvalue weighted by Gasteiger charge is -2.11. The van der Waals surface area contributed by atoms with Gasteiger partial charge in [-0.25, -0.2) is 9.98 Å². The maximum absolute atomic E-state index is 12.5. The largest absolute Gasteiger partial charge is 0.434 e. The van der Waals surface area contributed by atoms with Crippen molar-refractivity contribution in [2.75, 3.05) is 13.1 Å². The molecule has 0 aliphatic carbocycles. The number of nitrogens with zero attached hydrogens (tertiary/aromatic N) is 3. The first-order valence-corrected chi connectivity index (χ1v) is 8.01. The van der Waals surface area contributed by atoms with Gasteiger partial charge >= 0.3 is 6.18 Å². The van der Waals surface area contributed by atoms with Crippen molar-refractivity contribution in [1.29, 1.82) is 0 Å². The highest BCUT2D eigenvalue weighted by atomic mass is 32.1. The van der Waals surface area contributed by atoms with Gasteiger partial charge in [0, 0.05) is 37.4 Å². The number of rotatable bonds is 6. The van der Waals surface area contributed by atoms with Gasteiger partial charge < -0.3 is 15.2 Å². The minimum atomic E-state index is -4.40. The molecule has 0 aliphatic rings. The molecule has 0 aliphatic heterocycles. The third-order valence-electron chi connectivity index (χ3n) is 2.89. The molecule has 0 aromatic carbocycles. The zero-order chi connectivity index (χ0) is 16.7. The molecule has 0 saturated heterocycles. The Kier molecular flexibility index (Phi) is 6.03. The molecule has 0 spiro atoms. The van der Waals surface area contributed by atoms with Crippen molar-refractivity contribution in [2.45, 2.75) is 26.2 Å². The molecule has 0 fully saturated rings. The van der Waals surface area contributed by atoms with Gasteiger partial charge in [0.25, 0.3) is 0 Å². The zero-order valence-electron chi connectivity index (χ0n) is 12.6. The van der Waals surface area contributed by atoms with Crippen molar-refractivity contribution in [3.05, 3.63) is 40.6 Å². The number of aromatic nitrogens is 2. The summed E-state index contributed by atoms with van der Waals surface area (Å²) < 4.78 is 39.5. The van der Waals surface area contributed by atoms with E-state index in [-0.39, 0.29) is 6.54 Å². The van der Waals surface area contributed by atoms with E-state index in [9.17, 15) is 13.2 Å². The van der Waals surface area contributed by atoms with Crippen molar-refractivity contribution < 1.29 is 13.2 Å². The molecular weight excluding hydrogens is 327 g/mol. The molecule has 2 N–H and O–H groups in total. The highest BCUT2D eigenvalue weighted by Gasteiger charge is 2.33. The molecule has 23 heavy (non-hydrogen) atoms. The van der Waals surface area contributed by atoms with Crippen LogP contribution in [0.15, 0.2) is 34.9 Å². The van der Waals surface area contributed by atoms with Gasteiger partial charge in [0.1, 0.15) is 5.01 Å². The molecule has 2 aromatic rings. The monoisotopic (exact) mass is 345 g/mol.